The van der Waals surface area contributed by atoms with E-state index in [0.29, 0.717) is 13.5 Å². The van der Waals surface area contributed by atoms with Crippen molar-refractivity contribution < 1.29 is 18.6 Å². The molecule has 228 valence electrons. The van der Waals surface area contributed by atoms with E-state index in [0.717, 1.165) is 34.7 Å². The van der Waals surface area contributed by atoms with Gasteiger partial charge in [-0.3, -0.25) is 0 Å². The summed E-state index contributed by atoms with van der Waals surface area (Å²) in [6.45, 7) is 5.28. The van der Waals surface area contributed by atoms with Crippen LogP contribution in [0.15, 0.2) is 133 Å². The fourth-order valence-electron chi connectivity index (χ4n) is 6.80. The summed E-state index contributed by atoms with van der Waals surface area (Å²) in [5, 5.41) is 0. The van der Waals surface area contributed by atoms with Gasteiger partial charge in [0.05, 0.1) is 11.1 Å². The van der Waals surface area contributed by atoms with E-state index in [9.17, 15) is 0 Å². The molecule has 3 aliphatic rings. The largest absolute Gasteiger partial charge is 0.435 e. The molecule has 0 bridgehead atoms. The summed E-state index contributed by atoms with van der Waals surface area (Å²) in [4.78, 5) is 0. The van der Waals surface area contributed by atoms with Crippen LogP contribution in [0.1, 0.15) is 33.4 Å². The second-order valence-corrected chi connectivity index (χ2v) is 12.3. The predicted molar refractivity (Wildman–Crippen MR) is 190 cm³/mol. The molecule has 0 saturated carbocycles. The summed E-state index contributed by atoms with van der Waals surface area (Å²) in [7, 11) is 0. The summed E-state index contributed by atoms with van der Waals surface area (Å²) in [6.07, 6.45) is 5.36. The van der Waals surface area contributed by atoms with Crippen LogP contribution in [0.5, 0.6) is 11.5 Å². The minimum absolute atomic E-state index is 0.544. The number of para-hydroxylation sites is 2. The average molecular weight is 613 g/mol. The van der Waals surface area contributed by atoms with Crippen LogP contribution in [0.3, 0.4) is 0 Å². The zero-order chi connectivity index (χ0) is 31.7. The third kappa shape index (κ3) is 5.53. The number of fused-ring (bicyclic) bond motifs is 5. The number of aryl methyl sites for hydroxylation is 2. The highest BCUT2D eigenvalue weighted by Crippen LogP contribution is 2.41. The van der Waals surface area contributed by atoms with E-state index in [-0.39, 0.29) is 0 Å². The lowest BCUT2D eigenvalue weighted by Crippen LogP contribution is -2.22. The molecule has 0 radical (unpaired) electrons. The van der Waals surface area contributed by atoms with Gasteiger partial charge in [-0.1, -0.05) is 91.0 Å². The van der Waals surface area contributed by atoms with E-state index in [1.165, 1.54) is 50.2 Å². The first-order valence-electron chi connectivity index (χ1n) is 16.2. The number of hydrogen-bond acceptors (Lipinski definition) is 2. The fourth-order valence-corrected chi connectivity index (χ4v) is 6.80. The smallest absolute Gasteiger partial charge is 0.292 e. The predicted octanol–water partition coefficient (Wildman–Crippen LogP) is 9.45. The lowest BCUT2D eigenvalue weighted by atomic mass is 10.0. The van der Waals surface area contributed by atoms with Gasteiger partial charge in [-0.2, -0.15) is 9.15 Å². The highest BCUT2D eigenvalue weighted by molar-refractivity contribution is 5.85. The van der Waals surface area contributed by atoms with E-state index < -0.39 is 0 Å². The van der Waals surface area contributed by atoms with E-state index in [1.54, 1.807) is 0 Å². The lowest BCUT2D eigenvalue weighted by Gasteiger charge is -2.16. The van der Waals surface area contributed by atoms with Gasteiger partial charge in [0.15, 0.2) is 12.4 Å². The third-order valence-corrected chi connectivity index (χ3v) is 9.21. The molecule has 9 rings (SSSR count). The molecule has 0 spiro atoms. The van der Waals surface area contributed by atoms with Crippen LogP contribution in [-0.4, -0.2) is 35.0 Å². The molecule has 0 aromatic heterocycles. The summed E-state index contributed by atoms with van der Waals surface area (Å²) >= 11 is 0. The summed E-state index contributed by atoms with van der Waals surface area (Å²) in [6, 6.07) is 46.8. The van der Waals surface area contributed by atoms with Gasteiger partial charge < -0.3 is 9.47 Å². The second kappa shape index (κ2) is 12.2. The third-order valence-electron chi connectivity index (χ3n) is 9.21. The number of nitrogens with zero attached hydrogens (tertiary/aromatic N) is 2. The van der Waals surface area contributed by atoms with Crippen molar-refractivity contribution in [1.29, 1.82) is 0 Å². The van der Waals surface area contributed by atoms with Gasteiger partial charge in [-0.15, -0.1) is 0 Å². The van der Waals surface area contributed by atoms with Crippen LogP contribution in [-0.2, 0) is 6.42 Å². The van der Waals surface area contributed by atoms with Crippen molar-refractivity contribution in [3.05, 3.63) is 167 Å². The molecule has 0 saturated heterocycles. The molecule has 0 fully saturated rings. The number of benzene rings is 6. The Labute approximate surface area is 276 Å². The molecule has 6 aromatic rings. The monoisotopic (exact) mass is 612 g/mol. The Balaban J connectivity index is 0.000000138. The number of rotatable bonds is 3. The van der Waals surface area contributed by atoms with Crippen molar-refractivity contribution >= 4 is 23.8 Å². The Hall–Kier alpha value is -5.74. The molecule has 1 aliphatic carbocycles. The SMILES string of the molecule is Cc1cccc2c1OC[N+](c1ccc(-c3ccccc3)cc1)=C2.Cc1cccc2c1OC[N+](c1cccc3c1Cc1ccccc1-3)=C2. The van der Waals surface area contributed by atoms with Gasteiger partial charge in [0.1, 0.15) is 11.5 Å². The van der Waals surface area contributed by atoms with Crippen LogP contribution in [0.2, 0.25) is 0 Å². The summed E-state index contributed by atoms with van der Waals surface area (Å²) in [5.74, 6) is 1.99. The first-order chi connectivity index (χ1) is 23.1. The maximum Gasteiger partial charge on any atom is 0.292 e. The van der Waals surface area contributed by atoms with Gasteiger partial charge in [0.2, 0.25) is 11.4 Å². The molecule has 4 heteroatoms. The zero-order valence-electron chi connectivity index (χ0n) is 26.7. The Morgan fingerprint density at radius 2 is 1.06 bits per heavy atom. The van der Waals surface area contributed by atoms with E-state index in [2.05, 4.69) is 163 Å². The fraction of sp³-hybridized carbons (Fsp3) is 0.116. The van der Waals surface area contributed by atoms with Gasteiger partial charge in [0.25, 0.3) is 13.5 Å². The van der Waals surface area contributed by atoms with Crippen molar-refractivity contribution in [2.75, 3.05) is 13.5 Å². The van der Waals surface area contributed by atoms with Crippen molar-refractivity contribution in [2.45, 2.75) is 20.3 Å². The molecule has 0 atom stereocenters. The normalized spacial score (nSPS) is 13.7. The minimum atomic E-state index is 0.544. The molecular formula is C43H36N2O2+2. The van der Waals surface area contributed by atoms with Crippen LogP contribution < -0.4 is 9.47 Å². The van der Waals surface area contributed by atoms with Crippen LogP contribution >= 0.6 is 0 Å². The van der Waals surface area contributed by atoms with Gasteiger partial charge in [-0.05, 0) is 77.1 Å². The molecule has 2 heterocycles. The Bertz CT molecular complexity index is 2180. The van der Waals surface area contributed by atoms with Crippen LogP contribution in [0, 0.1) is 13.8 Å². The second-order valence-electron chi connectivity index (χ2n) is 12.3. The standard InChI is InChI=1S/C22H18NO.C21H18NO/c1-15-6-4-8-17-13-23(14-24-22(15)17)21-11-5-10-19-18-9-3-2-7-16(18)12-20(19)21;1-16-6-5-9-19-14-22(15-23-21(16)19)20-12-10-18(11-13-20)17-7-3-2-4-8-17/h2-11,13H,12,14H2,1H3;2-14H,15H2,1H3/q2*+1. The molecule has 2 aliphatic heterocycles. The zero-order valence-corrected chi connectivity index (χ0v) is 26.7. The highest BCUT2D eigenvalue weighted by atomic mass is 16.5. The summed E-state index contributed by atoms with van der Waals surface area (Å²) < 4.78 is 16.3. The molecule has 6 aromatic carbocycles. The Kier molecular flexibility index (Phi) is 7.47. The minimum Gasteiger partial charge on any atom is -0.435 e. The van der Waals surface area contributed by atoms with E-state index in [4.69, 9.17) is 9.47 Å². The quantitative estimate of drug-likeness (QED) is 0.186. The lowest BCUT2D eigenvalue weighted by molar-refractivity contribution is -0.476. The van der Waals surface area contributed by atoms with Gasteiger partial charge >= 0.3 is 0 Å². The van der Waals surface area contributed by atoms with Gasteiger partial charge in [-0.25, -0.2) is 0 Å². The van der Waals surface area contributed by atoms with Crippen molar-refractivity contribution in [1.82, 2.24) is 0 Å². The molecule has 0 unspecified atom stereocenters. The van der Waals surface area contributed by atoms with Crippen LogP contribution in [0.4, 0.5) is 11.4 Å². The average Bonchev–Trinajstić information content (AvgIpc) is 3.51. The van der Waals surface area contributed by atoms with Gasteiger partial charge in [0, 0.05) is 30.2 Å². The van der Waals surface area contributed by atoms with Crippen molar-refractivity contribution in [3.63, 3.8) is 0 Å². The maximum atomic E-state index is 6.05. The summed E-state index contributed by atoms with van der Waals surface area (Å²) in [5.41, 5.74) is 15.0. The van der Waals surface area contributed by atoms with Crippen molar-refractivity contribution in [3.8, 4) is 33.8 Å². The highest BCUT2D eigenvalue weighted by Gasteiger charge is 2.28. The van der Waals surface area contributed by atoms with Crippen molar-refractivity contribution in [2.24, 2.45) is 0 Å². The molecule has 0 N–H and O–H groups in total. The number of hydrogen-bond donors (Lipinski definition) is 0. The molecule has 0 amide bonds. The van der Waals surface area contributed by atoms with Crippen LogP contribution in [0.25, 0.3) is 22.3 Å². The van der Waals surface area contributed by atoms with E-state index >= 15 is 0 Å². The maximum absolute atomic E-state index is 6.05. The molecule has 4 nitrogen and oxygen atoms in total. The molecular weight excluding hydrogens is 576 g/mol. The first-order valence-corrected chi connectivity index (χ1v) is 16.2. The Morgan fingerprint density at radius 3 is 1.79 bits per heavy atom. The first kappa shape index (κ1) is 28.7. The molecule has 47 heavy (non-hydrogen) atoms. The number of ether oxygens (including phenoxy) is 2. The van der Waals surface area contributed by atoms with E-state index in [1.807, 2.05) is 6.07 Å². The Morgan fingerprint density at radius 1 is 0.489 bits per heavy atom. The topological polar surface area (TPSA) is 24.5 Å².